The highest BCUT2D eigenvalue weighted by Crippen LogP contribution is 2.34. The van der Waals surface area contributed by atoms with Gasteiger partial charge in [0.05, 0.1) is 24.4 Å². The third-order valence-electron chi connectivity index (χ3n) is 6.08. The first-order valence-electron chi connectivity index (χ1n) is 10.6. The Bertz CT molecular complexity index is 1040. The number of amides is 1. The maximum atomic E-state index is 11.9. The molecule has 1 saturated heterocycles. The molecule has 0 unspecified atom stereocenters. The third kappa shape index (κ3) is 4.17. The van der Waals surface area contributed by atoms with Gasteiger partial charge in [-0.1, -0.05) is 12.1 Å². The summed E-state index contributed by atoms with van der Waals surface area (Å²) in [6.45, 7) is 7.84. The van der Waals surface area contributed by atoms with E-state index in [1.807, 2.05) is 10.3 Å². The lowest BCUT2D eigenvalue weighted by Gasteiger charge is -2.37. The van der Waals surface area contributed by atoms with E-state index in [4.69, 9.17) is 15.1 Å². The average Bonchev–Trinajstić information content (AvgIpc) is 3.34. The van der Waals surface area contributed by atoms with Gasteiger partial charge in [-0.25, -0.2) is 9.78 Å². The zero-order valence-corrected chi connectivity index (χ0v) is 19.0. The Hall–Kier alpha value is -2.87. The van der Waals surface area contributed by atoms with Crippen molar-refractivity contribution in [2.24, 2.45) is 0 Å². The van der Waals surface area contributed by atoms with Crippen molar-refractivity contribution in [3.63, 3.8) is 0 Å². The number of rotatable bonds is 4. The van der Waals surface area contributed by atoms with Gasteiger partial charge in [0.2, 0.25) is 0 Å². The second-order valence-electron chi connectivity index (χ2n) is 8.05. The van der Waals surface area contributed by atoms with E-state index in [1.54, 1.807) is 11.8 Å². The van der Waals surface area contributed by atoms with Crippen LogP contribution in [0.4, 0.5) is 4.79 Å². The number of aliphatic hydroxyl groups excluding tert-OH is 1. The minimum Gasteiger partial charge on any atom is -0.510 e. The van der Waals surface area contributed by atoms with E-state index in [1.165, 1.54) is 22.5 Å². The quantitative estimate of drug-likeness (QED) is 0.725. The number of nitrogens with zero attached hydrogens (tertiary/aromatic N) is 3. The summed E-state index contributed by atoms with van der Waals surface area (Å²) in [5.74, 6) is 0.506. The molecule has 1 aromatic carbocycles. The molecule has 1 aromatic heterocycles. The molecule has 2 aliphatic heterocycles. The van der Waals surface area contributed by atoms with Crippen molar-refractivity contribution in [1.29, 1.82) is 5.41 Å². The summed E-state index contributed by atoms with van der Waals surface area (Å²) in [6.07, 6.45) is 1.21. The van der Waals surface area contributed by atoms with Gasteiger partial charge in [-0.3, -0.25) is 5.41 Å². The molecule has 2 N–H and O–H groups in total. The van der Waals surface area contributed by atoms with E-state index in [0.717, 1.165) is 24.1 Å². The highest BCUT2D eigenvalue weighted by atomic mass is 32.1. The third-order valence-corrected chi connectivity index (χ3v) is 6.94. The molecule has 1 amide bonds. The van der Waals surface area contributed by atoms with Crippen LogP contribution in [0.3, 0.4) is 0 Å². The number of nitrogens with one attached hydrogen (secondary N) is 1. The first-order chi connectivity index (χ1) is 14.9. The van der Waals surface area contributed by atoms with Crippen LogP contribution in [0, 0.1) is 19.3 Å². The summed E-state index contributed by atoms with van der Waals surface area (Å²) in [7, 11) is 0. The van der Waals surface area contributed by atoms with Gasteiger partial charge in [0.15, 0.2) is 0 Å². The van der Waals surface area contributed by atoms with E-state index in [9.17, 15) is 9.90 Å². The number of thiazole rings is 1. The van der Waals surface area contributed by atoms with E-state index >= 15 is 0 Å². The van der Waals surface area contributed by atoms with Crippen molar-refractivity contribution in [2.45, 2.75) is 39.7 Å². The van der Waals surface area contributed by atoms with Crippen LogP contribution in [0.5, 0.6) is 0 Å². The molecule has 4 rings (SSSR count). The van der Waals surface area contributed by atoms with E-state index in [0.29, 0.717) is 42.7 Å². The summed E-state index contributed by atoms with van der Waals surface area (Å²) in [5.41, 5.74) is 4.87. The maximum Gasteiger partial charge on any atom is 0.409 e. The Balaban J connectivity index is 1.46. The van der Waals surface area contributed by atoms with Crippen LogP contribution < -0.4 is 0 Å². The lowest BCUT2D eigenvalue weighted by atomic mass is 10.0. The second kappa shape index (κ2) is 8.70. The number of aryl methyl sites for hydroxylation is 2. The number of aliphatic hydroxyl groups is 1. The number of aromatic nitrogens is 1. The molecule has 3 heterocycles. The molecule has 0 bridgehead atoms. The zero-order chi connectivity index (χ0) is 22.1. The molecule has 0 aliphatic carbocycles. The fourth-order valence-electron chi connectivity index (χ4n) is 4.13. The normalized spacial score (nSPS) is 17.6. The molecule has 0 spiro atoms. The minimum absolute atomic E-state index is 0.108. The molecular formula is C23H28N4O3S. The zero-order valence-electron chi connectivity index (χ0n) is 18.1. The first kappa shape index (κ1) is 21.4. The van der Waals surface area contributed by atoms with Crippen molar-refractivity contribution in [1.82, 2.24) is 14.8 Å². The van der Waals surface area contributed by atoms with Crippen molar-refractivity contribution >= 4 is 28.8 Å². The Morgan fingerprint density at radius 2 is 2.03 bits per heavy atom. The van der Waals surface area contributed by atoms with Gasteiger partial charge in [0, 0.05) is 30.1 Å². The fourth-order valence-corrected chi connectivity index (χ4v) is 5.03. The number of piperidine rings is 1. The second-order valence-corrected chi connectivity index (χ2v) is 8.91. The number of ether oxygens (including phenoxy) is 1. The molecule has 164 valence electrons. The molecule has 2 aliphatic rings. The molecule has 0 saturated carbocycles. The Morgan fingerprint density at radius 3 is 2.71 bits per heavy atom. The van der Waals surface area contributed by atoms with E-state index in [2.05, 4.69) is 32.0 Å². The van der Waals surface area contributed by atoms with Gasteiger partial charge < -0.3 is 19.6 Å². The Labute approximate surface area is 186 Å². The topological polar surface area (TPSA) is 89.8 Å². The highest BCUT2D eigenvalue weighted by molar-refractivity contribution is 7.11. The Kier molecular flexibility index (Phi) is 6.00. The maximum absolute atomic E-state index is 11.9. The molecule has 0 radical (unpaired) electrons. The predicted octanol–water partition coefficient (Wildman–Crippen LogP) is 4.61. The van der Waals surface area contributed by atoms with Crippen LogP contribution in [0.15, 0.2) is 29.3 Å². The Morgan fingerprint density at radius 1 is 1.29 bits per heavy atom. The minimum atomic E-state index is -0.277. The van der Waals surface area contributed by atoms with Crippen LogP contribution in [0.1, 0.15) is 35.9 Å². The van der Waals surface area contributed by atoms with Crippen molar-refractivity contribution < 1.29 is 14.6 Å². The summed E-state index contributed by atoms with van der Waals surface area (Å²) < 4.78 is 5.08. The van der Waals surface area contributed by atoms with Gasteiger partial charge in [0.1, 0.15) is 16.6 Å². The van der Waals surface area contributed by atoms with E-state index in [-0.39, 0.29) is 17.9 Å². The number of hydrogen-bond donors (Lipinski definition) is 2. The van der Waals surface area contributed by atoms with Gasteiger partial charge in [-0.05, 0) is 50.8 Å². The van der Waals surface area contributed by atoms with Crippen molar-refractivity contribution in [3.8, 4) is 11.3 Å². The summed E-state index contributed by atoms with van der Waals surface area (Å²) in [4.78, 5) is 20.3. The van der Waals surface area contributed by atoms with Crippen molar-refractivity contribution in [2.75, 3.05) is 26.2 Å². The number of benzene rings is 1. The molecule has 1 fully saturated rings. The van der Waals surface area contributed by atoms with Gasteiger partial charge in [0.25, 0.3) is 0 Å². The molecule has 2 aromatic rings. The van der Waals surface area contributed by atoms with E-state index < -0.39 is 0 Å². The fraction of sp³-hybridized carbons (Fsp3) is 0.435. The smallest absolute Gasteiger partial charge is 0.409 e. The number of carbonyl (C=O) groups is 1. The summed E-state index contributed by atoms with van der Waals surface area (Å²) in [6, 6.07) is 6.37. The van der Waals surface area contributed by atoms with Gasteiger partial charge in [-0.2, -0.15) is 0 Å². The van der Waals surface area contributed by atoms with Crippen molar-refractivity contribution in [3.05, 3.63) is 45.5 Å². The molecular weight excluding hydrogens is 412 g/mol. The molecule has 0 atom stereocenters. The highest BCUT2D eigenvalue weighted by Gasteiger charge is 2.36. The molecule has 8 heteroatoms. The standard InChI is InChI=1S/C23H28N4O3S/c1-4-30-23(29)26-9-7-17(8-10-26)27-12-19(28)20(21(27)24)22-25-18(13-31-22)16-6-5-14(2)15(3)11-16/h5-6,11,13,17,24,28H,4,7-10,12H2,1-3H3. The lowest BCUT2D eigenvalue weighted by molar-refractivity contribution is 0.0876. The van der Waals surface area contributed by atoms with Gasteiger partial charge >= 0.3 is 6.09 Å². The summed E-state index contributed by atoms with van der Waals surface area (Å²) >= 11 is 1.45. The number of hydrogen-bond acceptors (Lipinski definition) is 6. The SMILES string of the molecule is CCOC(=O)N1CCC(N2CC(O)=C(c3nc(-c4ccc(C)c(C)c4)cs3)C2=N)CC1. The van der Waals surface area contributed by atoms with Crippen LogP contribution in [-0.4, -0.2) is 64.1 Å². The molecule has 31 heavy (non-hydrogen) atoms. The monoisotopic (exact) mass is 440 g/mol. The van der Waals surface area contributed by atoms with Crippen LogP contribution >= 0.6 is 11.3 Å². The largest absolute Gasteiger partial charge is 0.510 e. The first-order valence-corrected chi connectivity index (χ1v) is 11.5. The lowest BCUT2D eigenvalue weighted by Crippen LogP contribution is -2.47. The van der Waals surface area contributed by atoms with Crippen LogP contribution in [0.25, 0.3) is 16.8 Å². The average molecular weight is 441 g/mol. The predicted molar refractivity (Wildman–Crippen MR) is 123 cm³/mol. The number of carbonyl (C=O) groups excluding carboxylic acids is 1. The number of amidine groups is 1. The van der Waals surface area contributed by atoms with Crippen LogP contribution in [0.2, 0.25) is 0 Å². The molecule has 7 nitrogen and oxygen atoms in total. The number of likely N-dealkylation sites (tertiary alicyclic amines) is 1. The van der Waals surface area contributed by atoms with Crippen LogP contribution in [-0.2, 0) is 4.74 Å². The summed E-state index contributed by atoms with van der Waals surface area (Å²) in [5, 5.41) is 22.0. The van der Waals surface area contributed by atoms with Gasteiger partial charge in [-0.15, -0.1) is 11.3 Å².